The quantitative estimate of drug-likeness (QED) is 0.434. The Morgan fingerprint density at radius 1 is 1.13 bits per heavy atom. The first-order chi connectivity index (χ1) is 14.8. The molecule has 0 fully saturated rings. The molecule has 2 amide bonds. The summed E-state index contributed by atoms with van der Waals surface area (Å²) in [6, 6.07) is 0.124. The number of rotatable bonds is 7. The zero-order valence-electron chi connectivity index (χ0n) is 16.1. The van der Waals surface area contributed by atoms with Crippen LogP contribution in [0, 0.1) is 0 Å². The third kappa shape index (κ3) is 4.67. The number of amides is 2. The van der Waals surface area contributed by atoms with Gasteiger partial charge in [0.05, 0.1) is 27.4 Å². The lowest BCUT2D eigenvalue weighted by atomic mass is 10.5. The number of anilines is 1. The van der Waals surface area contributed by atoms with Gasteiger partial charge in [0, 0.05) is 0 Å². The van der Waals surface area contributed by atoms with Crippen LogP contribution >= 0.6 is 11.3 Å². The van der Waals surface area contributed by atoms with Crippen LogP contribution in [0.3, 0.4) is 0 Å². The molecule has 3 aromatic heterocycles. The van der Waals surface area contributed by atoms with Crippen molar-refractivity contribution in [2.24, 2.45) is 0 Å². The van der Waals surface area contributed by atoms with E-state index in [1.165, 1.54) is 25.8 Å². The third-order valence-electron chi connectivity index (χ3n) is 3.46. The van der Waals surface area contributed by atoms with Crippen LogP contribution < -0.4 is 19.5 Å². The van der Waals surface area contributed by atoms with Crippen LogP contribution in [0.5, 0.6) is 11.8 Å². The van der Waals surface area contributed by atoms with Crippen molar-refractivity contribution in [2.45, 2.75) is 5.03 Å². The maximum Gasteiger partial charge on any atom is 0.359 e. The van der Waals surface area contributed by atoms with Crippen molar-refractivity contribution in [1.29, 1.82) is 0 Å². The largest absolute Gasteiger partial charge is 0.481 e. The van der Waals surface area contributed by atoms with Gasteiger partial charge in [0.1, 0.15) is 11.8 Å². The Morgan fingerprint density at radius 3 is 2.35 bits per heavy atom. The average molecular weight is 470 g/mol. The maximum atomic E-state index is 12.9. The second kappa shape index (κ2) is 8.88. The molecule has 0 saturated heterocycles. The number of urea groups is 1. The Kier molecular flexibility index (Phi) is 6.25. The highest BCUT2D eigenvalue weighted by molar-refractivity contribution is 7.90. The van der Waals surface area contributed by atoms with Crippen LogP contribution in [0.4, 0.5) is 10.7 Å². The standard InChI is InChI=1S/C14H14N8O7S2/c1-27-7-4-8(28-2)18-12(17-7)19-13(24)21-31(25,26)10-9(11(23)29-3)15-5-22(10)14-20-16-6-30-14/h4-6H,1-3H3,(H2,17,18,19,21,24). The van der Waals surface area contributed by atoms with Gasteiger partial charge in [-0.25, -0.2) is 19.3 Å². The van der Waals surface area contributed by atoms with E-state index in [1.54, 1.807) is 4.72 Å². The number of hydrogen-bond acceptors (Lipinski definition) is 13. The summed E-state index contributed by atoms with van der Waals surface area (Å²) in [6.07, 6.45) is 1.04. The van der Waals surface area contributed by atoms with Gasteiger partial charge in [0.2, 0.25) is 22.8 Å². The number of carbonyl (C=O) groups is 2. The Balaban J connectivity index is 1.93. The highest BCUT2D eigenvalue weighted by Gasteiger charge is 2.32. The van der Waals surface area contributed by atoms with Crippen molar-refractivity contribution in [3.63, 3.8) is 0 Å². The predicted octanol–water partition coefficient (Wildman–Crippen LogP) is -0.172. The number of sulfonamides is 1. The molecule has 0 aromatic carbocycles. The molecule has 0 atom stereocenters. The summed E-state index contributed by atoms with van der Waals surface area (Å²) < 4.78 is 43.1. The molecule has 0 radical (unpaired) electrons. The topological polar surface area (TPSA) is 189 Å². The first-order valence-corrected chi connectivity index (χ1v) is 10.4. The lowest BCUT2D eigenvalue weighted by Crippen LogP contribution is -2.36. The van der Waals surface area contributed by atoms with Crippen molar-refractivity contribution in [3.05, 3.63) is 23.6 Å². The van der Waals surface area contributed by atoms with Crippen LogP contribution in [-0.2, 0) is 14.8 Å². The summed E-state index contributed by atoms with van der Waals surface area (Å²) in [6.45, 7) is 0. The molecule has 3 heterocycles. The molecule has 0 aliphatic rings. The van der Waals surface area contributed by atoms with Gasteiger partial charge in [-0.2, -0.15) is 18.4 Å². The minimum atomic E-state index is -4.65. The average Bonchev–Trinajstić information content (AvgIpc) is 3.42. The minimum Gasteiger partial charge on any atom is -0.481 e. The summed E-state index contributed by atoms with van der Waals surface area (Å²) in [5.74, 6) is -1.21. The number of esters is 1. The van der Waals surface area contributed by atoms with Gasteiger partial charge in [0.25, 0.3) is 10.0 Å². The molecule has 15 nitrogen and oxygen atoms in total. The molecule has 3 aromatic rings. The normalized spacial score (nSPS) is 10.9. The van der Waals surface area contributed by atoms with Crippen LogP contribution in [-0.4, -0.2) is 71.5 Å². The number of carbonyl (C=O) groups excluding carboxylic acids is 2. The number of nitrogens with one attached hydrogen (secondary N) is 2. The third-order valence-corrected chi connectivity index (χ3v) is 5.50. The summed E-state index contributed by atoms with van der Waals surface area (Å²) in [7, 11) is -0.935. The minimum absolute atomic E-state index is 0.0623. The van der Waals surface area contributed by atoms with E-state index in [9.17, 15) is 18.0 Å². The number of imidazole rings is 1. The molecule has 31 heavy (non-hydrogen) atoms. The molecular weight excluding hydrogens is 456 g/mol. The van der Waals surface area contributed by atoms with Gasteiger partial charge < -0.3 is 14.2 Å². The highest BCUT2D eigenvalue weighted by atomic mass is 32.2. The fourth-order valence-corrected chi connectivity index (χ4v) is 3.97. The number of methoxy groups -OCH3 is 3. The van der Waals surface area contributed by atoms with Crippen molar-refractivity contribution in [2.75, 3.05) is 26.6 Å². The number of aromatic nitrogens is 6. The second-order valence-electron chi connectivity index (χ2n) is 5.32. The second-order valence-corrected chi connectivity index (χ2v) is 7.73. The molecule has 3 rings (SSSR count). The van der Waals surface area contributed by atoms with Crippen LogP contribution in [0.25, 0.3) is 5.13 Å². The zero-order chi connectivity index (χ0) is 22.6. The van der Waals surface area contributed by atoms with E-state index in [1.807, 2.05) is 0 Å². The van der Waals surface area contributed by atoms with Gasteiger partial charge >= 0.3 is 12.0 Å². The Hall–Kier alpha value is -3.86. The fraction of sp³-hybridized carbons (Fsp3) is 0.214. The lowest BCUT2D eigenvalue weighted by molar-refractivity contribution is 0.0589. The summed E-state index contributed by atoms with van der Waals surface area (Å²) in [5.41, 5.74) is 0.786. The number of ether oxygens (including phenoxy) is 3. The SMILES string of the molecule is COC(=O)c1ncn(-c2nncs2)c1S(=O)(=O)NC(=O)Nc1nc(OC)cc(OC)n1. The van der Waals surface area contributed by atoms with Crippen molar-refractivity contribution >= 4 is 39.3 Å². The van der Waals surface area contributed by atoms with Crippen molar-refractivity contribution in [1.82, 2.24) is 34.4 Å². The predicted molar refractivity (Wildman–Crippen MR) is 103 cm³/mol. The first kappa shape index (κ1) is 21.8. The van der Waals surface area contributed by atoms with Gasteiger partial charge in [-0.05, 0) is 0 Å². The number of hydrogen-bond donors (Lipinski definition) is 2. The van der Waals surface area contributed by atoms with Gasteiger partial charge in [-0.3, -0.25) is 9.88 Å². The van der Waals surface area contributed by atoms with E-state index in [4.69, 9.17) is 9.47 Å². The summed E-state index contributed by atoms with van der Waals surface area (Å²) >= 11 is 0.977. The van der Waals surface area contributed by atoms with E-state index in [0.29, 0.717) is 0 Å². The van der Waals surface area contributed by atoms with Crippen LogP contribution in [0.1, 0.15) is 10.5 Å². The Labute approximate surface area is 178 Å². The molecule has 2 N–H and O–H groups in total. The molecule has 0 bridgehead atoms. The van der Waals surface area contributed by atoms with E-state index in [2.05, 4.69) is 35.2 Å². The van der Waals surface area contributed by atoms with Gasteiger partial charge in [0.15, 0.2) is 10.7 Å². The molecule has 0 aliphatic carbocycles. The molecule has 164 valence electrons. The highest BCUT2D eigenvalue weighted by Crippen LogP contribution is 2.22. The Morgan fingerprint density at radius 2 is 1.81 bits per heavy atom. The molecule has 0 aliphatic heterocycles. The zero-order valence-corrected chi connectivity index (χ0v) is 17.7. The molecule has 17 heteroatoms. The lowest BCUT2D eigenvalue weighted by Gasteiger charge is -2.11. The van der Waals surface area contributed by atoms with Crippen molar-refractivity contribution in [3.8, 4) is 16.9 Å². The molecule has 0 spiro atoms. The smallest absolute Gasteiger partial charge is 0.359 e. The number of nitrogens with zero attached hydrogens (tertiary/aromatic N) is 6. The Bertz CT molecular complexity index is 1190. The fourth-order valence-electron chi connectivity index (χ4n) is 2.21. The van der Waals surface area contributed by atoms with E-state index >= 15 is 0 Å². The van der Waals surface area contributed by atoms with Gasteiger partial charge in [-0.15, -0.1) is 10.2 Å². The van der Waals surface area contributed by atoms with Crippen molar-refractivity contribution < 1.29 is 32.2 Å². The first-order valence-electron chi connectivity index (χ1n) is 8.02. The van der Waals surface area contributed by atoms with Gasteiger partial charge in [-0.1, -0.05) is 11.3 Å². The monoisotopic (exact) mass is 470 g/mol. The van der Waals surface area contributed by atoms with E-state index in [-0.39, 0.29) is 22.8 Å². The summed E-state index contributed by atoms with van der Waals surface area (Å²) in [4.78, 5) is 35.8. The molecule has 0 unspecified atom stereocenters. The maximum absolute atomic E-state index is 12.9. The molecule has 0 saturated carbocycles. The van der Waals surface area contributed by atoms with Crippen LogP contribution in [0.15, 0.2) is 22.9 Å². The van der Waals surface area contributed by atoms with Crippen LogP contribution in [0.2, 0.25) is 0 Å². The molecular formula is C14H14N8O7S2. The van der Waals surface area contributed by atoms with E-state index in [0.717, 1.165) is 29.3 Å². The van der Waals surface area contributed by atoms with E-state index < -0.39 is 32.7 Å². The summed E-state index contributed by atoms with van der Waals surface area (Å²) in [5, 5.41) is 8.92.